The molecule has 0 amide bonds. The van der Waals surface area contributed by atoms with Crippen LogP contribution in [0.2, 0.25) is 0 Å². The van der Waals surface area contributed by atoms with Gasteiger partial charge in [-0.2, -0.15) is 5.26 Å². The number of nitrogens with zero attached hydrogens (tertiary/aromatic N) is 1. The van der Waals surface area contributed by atoms with Crippen molar-refractivity contribution < 1.29 is 4.74 Å². The van der Waals surface area contributed by atoms with Gasteiger partial charge in [-0.15, -0.1) is 0 Å². The zero-order valence-electron chi connectivity index (χ0n) is 11.1. The van der Waals surface area contributed by atoms with E-state index in [9.17, 15) is 0 Å². The lowest BCUT2D eigenvalue weighted by Gasteiger charge is -2.53. The first kappa shape index (κ1) is 11.3. The van der Waals surface area contributed by atoms with Gasteiger partial charge in [0.15, 0.2) is 0 Å². The zero-order chi connectivity index (χ0) is 12.8. The molecule has 0 spiro atoms. The molecule has 1 aromatic carbocycles. The Morgan fingerprint density at radius 1 is 1.00 bits per heavy atom. The van der Waals surface area contributed by atoms with Crippen molar-refractivity contribution in [2.45, 2.75) is 38.2 Å². The normalized spacial score (nSPS) is 39.0. The Kier molecular flexibility index (Phi) is 2.55. The summed E-state index contributed by atoms with van der Waals surface area (Å²) >= 11 is 0. The Labute approximate surface area is 114 Å². The number of nitriles is 1. The lowest BCUT2D eigenvalue weighted by molar-refractivity contribution is -0.0789. The van der Waals surface area contributed by atoms with Crippen molar-refractivity contribution in [1.82, 2.24) is 0 Å². The number of hydrogen-bond donors (Lipinski definition) is 0. The zero-order valence-corrected chi connectivity index (χ0v) is 11.1. The fourth-order valence-corrected chi connectivity index (χ4v) is 4.86. The lowest BCUT2D eigenvalue weighted by atomic mass is 9.55. The van der Waals surface area contributed by atoms with Crippen LogP contribution in [0.15, 0.2) is 24.3 Å². The topological polar surface area (TPSA) is 33.0 Å². The SMILES string of the molecule is N#Cc1cccc(OC2C3CC4CC(C3)CC2C4)c1. The molecule has 0 aromatic heterocycles. The van der Waals surface area contributed by atoms with Crippen molar-refractivity contribution >= 4 is 0 Å². The lowest BCUT2D eigenvalue weighted by Crippen LogP contribution is -2.50. The number of hydrogen-bond acceptors (Lipinski definition) is 2. The maximum atomic E-state index is 8.96. The summed E-state index contributed by atoms with van der Waals surface area (Å²) in [6.07, 6.45) is 7.36. The molecule has 4 bridgehead atoms. The maximum absolute atomic E-state index is 8.96. The average Bonchev–Trinajstić information content (AvgIpc) is 2.42. The molecule has 0 heterocycles. The second-order valence-corrected chi connectivity index (χ2v) is 6.65. The standard InChI is InChI=1S/C17H19NO/c18-10-11-2-1-3-16(9-11)19-17-14-5-12-4-13(7-14)8-15(17)6-12/h1-3,9,12-15,17H,4-8H2. The van der Waals surface area contributed by atoms with Crippen molar-refractivity contribution in [3.8, 4) is 11.8 Å². The number of benzene rings is 1. The minimum Gasteiger partial charge on any atom is -0.490 e. The smallest absolute Gasteiger partial charge is 0.121 e. The minimum absolute atomic E-state index is 0.404. The summed E-state index contributed by atoms with van der Waals surface area (Å²) in [7, 11) is 0. The van der Waals surface area contributed by atoms with Crippen LogP contribution in [0.5, 0.6) is 5.75 Å². The van der Waals surface area contributed by atoms with Gasteiger partial charge < -0.3 is 4.74 Å². The molecule has 2 nitrogen and oxygen atoms in total. The number of ether oxygens (including phenoxy) is 1. The van der Waals surface area contributed by atoms with Crippen molar-refractivity contribution in [2.24, 2.45) is 23.7 Å². The highest BCUT2D eigenvalue weighted by Gasteiger charge is 2.49. The highest BCUT2D eigenvalue weighted by Crippen LogP contribution is 2.54. The minimum atomic E-state index is 0.404. The second kappa shape index (κ2) is 4.27. The van der Waals surface area contributed by atoms with Gasteiger partial charge in [-0.1, -0.05) is 6.07 Å². The van der Waals surface area contributed by atoms with E-state index >= 15 is 0 Å². The first-order chi connectivity index (χ1) is 9.31. The Morgan fingerprint density at radius 3 is 2.32 bits per heavy atom. The third-order valence-electron chi connectivity index (χ3n) is 5.38. The monoisotopic (exact) mass is 253 g/mol. The van der Waals surface area contributed by atoms with Gasteiger partial charge in [0, 0.05) is 0 Å². The molecule has 0 saturated heterocycles. The first-order valence-electron chi connectivity index (χ1n) is 7.48. The average molecular weight is 253 g/mol. The molecule has 2 heteroatoms. The van der Waals surface area contributed by atoms with Gasteiger partial charge in [0.2, 0.25) is 0 Å². The largest absolute Gasteiger partial charge is 0.490 e. The summed E-state index contributed by atoms with van der Waals surface area (Å²) in [6.45, 7) is 0. The van der Waals surface area contributed by atoms with Gasteiger partial charge in [-0.25, -0.2) is 0 Å². The van der Waals surface area contributed by atoms with Crippen LogP contribution < -0.4 is 4.74 Å². The molecular formula is C17H19NO. The van der Waals surface area contributed by atoms with E-state index in [1.54, 1.807) is 0 Å². The molecule has 1 aromatic rings. The molecule has 4 saturated carbocycles. The van der Waals surface area contributed by atoms with E-state index in [4.69, 9.17) is 10.00 Å². The Morgan fingerprint density at radius 2 is 1.68 bits per heavy atom. The molecule has 0 unspecified atom stereocenters. The summed E-state index contributed by atoms with van der Waals surface area (Å²) in [4.78, 5) is 0. The van der Waals surface area contributed by atoms with Crippen LogP contribution in [0.25, 0.3) is 0 Å². The number of rotatable bonds is 2. The fraction of sp³-hybridized carbons (Fsp3) is 0.588. The Balaban J connectivity index is 1.55. The van der Waals surface area contributed by atoms with Gasteiger partial charge in [-0.3, -0.25) is 0 Å². The van der Waals surface area contributed by atoms with E-state index in [0.29, 0.717) is 11.7 Å². The van der Waals surface area contributed by atoms with Crippen LogP contribution in [0.4, 0.5) is 0 Å². The third-order valence-corrected chi connectivity index (χ3v) is 5.38. The van der Waals surface area contributed by atoms with Crippen molar-refractivity contribution in [3.63, 3.8) is 0 Å². The highest BCUT2D eigenvalue weighted by molar-refractivity contribution is 5.36. The van der Waals surface area contributed by atoms with Gasteiger partial charge in [-0.05, 0) is 74.0 Å². The Bertz CT molecular complexity index is 502. The first-order valence-corrected chi connectivity index (χ1v) is 7.48. The quantitative estimate of drug-likeness (QED) is 0.804. The molecule has 4 fully saturated rings. The van der Waals surface area contributed by atoms with E-state index in [0.717, 1.165) is 29.4 Å². The van der Waals surface area contributed by atoms with E-state index in [-0.39, 0.29) is 0 Å². The fourth-order valence-electron chi connectivity index (χ4n) is 4.86. The van der Waals surface area contributed by atoms with Crippen LogP contribution >= 0.6 is 0 Å². The van der Waals surface area contributed by atoms with E-state index in [1.807, 2.05) is 24.3 Å². The van der Waals surface area contributed by atoms with Crippen molar-refractivity contribution in [2.75, 3.05) is 0 Å². The summed E-state index contributed by atoms with van der Waals surface area (Å²) in [5.41, 5.74) is 0.696. The van der Waals surface area contributed by atoms with Crippen LogP contribution in [0, 0.1) is 35.0 Å². The van der Waals surface area contributed by atoms with Crippen LogP contribution in [0.1, 0.15) is 37.7 Å². The van der Waals surface area contributed by atoms with Crippen LogP contribution in [0.3, 0.4) is 0 Å². The van der Waals surface area contributed by atoms with Gasteiger partial charge in [0.25, 0.3) is 0 Å². The third kappa shape index (κ3) is 1.92. The summed E-state index contributed by atoms with van der Waals surface area (Å²) in [5, 5.41) is 8.96. The maximum Gasteiger partial charge on any atom is 0.121 e. The molecule has 4 aliphatic rings. The van der Waals surface area contributed by atoms with E-state index < -0.39 is 0 Å². The molecule has 0 radical (unpaired) electrons. The molecule has 98 valence electrons. The molecule has 19 heavy (non-hydrogen) atoms. The molecule has 4 aliphatic carbocycles. The molecule has 5 rings (SSSR count). The van der Waals surface area contributed by atoms with Crippen LogP contribution in [-0.4, -0.2) is 6.10 Å². The van der Waals surface area contributed by atoms with Crippen molar-refractivity contribution in [1.29, 1.82) is 5.26 Å². The second-order valence-electron chi connectivity index (χ2n) is 6.65. The Hall–Kier alpha value is -1.49. The summed E-state index contributed by atoms with van der Waals surface area (Å²) in [6, 6.07) is 9.82. The summed E-state index contributed by atoms with van der Waals surface area (Å²) < 4.78 is 6.28. The molecule has 0 N–H and O–H groups in total. The summed E-state index contributed by atoms with van der Waals surface area (Å²) in [5.74, 6) is 4.38. The van der Waals surface area contributed by atoms with Crippen molar-refractivity contribution in [3.05, 3.63) is 29.8 Å². The highest BCUT2D eigenvalue weighted by atomic mass is 16.5. The van der Waals surface area contributed by atoms with E-state index in [1.165, 1.54) is 32.1 Å². The predicted molar refractivity (Wildman–Crippen MR) is 72.6 cm³/mol. The van der Waals surface area contributed by atoms with Crippen LogP contribution in [-0.2, 0) is 0 Å². The molecule has 0 aliphatic heterocycles. The van der Waals surface area contributed by atoms with Gasteiger partial charge >= 0.3 is 0 Å². The van der Waals surface area contributed by atoms with E-state index in [2.05, 4.69) is 6.07 Å². The van der Waals surface area contributed by atoms with Gasteiger partial charge in [0.05, 0.1) is 11.6 Å². The molecule has 0 atom stereocenters. The molecular weight excluding hydrogens is 234 g/mol. The predicted octanol–water partition coefficient (Wildman–Crippen LogP) is 3.76. The van der Waals surface area contributed by atoms with Gasteiger partial charge in [0.1, 0.15) is 11.9 Å².